The molecular formula is C9H16N4O2. The summed E-state index contributed by atoms with van der Waals surface area (Å²) in [4.78, 5) is 10.1. The smallest absolute Gasteiger partial charge is 0.366 e. The Hall–Kier alpha value is -1.59. The minimum Gasteiger partial charge on any atom is -0.374 e. The number of aromatic amines is 1. The first-order chi connectivity index (χ1) is 7.19. The Morgan fingerprint density at radius 3 is 2.93 bits per heavy atom. The highest BCUT2D eigenvalue weighted by Gasteiger charge is 2.17. The van der Waals surface area contributed by atoms with E-state index in [0.29, 0.717) is 5.69 Å². The Kier molecular flexibility index (Phi) is 4.08. The van der Waals surface area contributed by atoms with Gasteiger partial charge < -0.3 is 15.4 Å². The van der Waals surface area contributed by atoms with E-state index in [4.69, 9.17) is 0 Å². The van der Waals surface area contributed by atoms with Crippen LogP contribution < -0.4 is 5.32 Å². The number of hydrogen-bond donors (Lipinski definition) is 2. The predicted octanol–water partition coefficient (Wildman–Crippen LogP) is 2.31. The van der Waals surface area contributed by atoms with Crippen molar-refractivity contribution in [3.05, 3.63) is 16.3 Å². The van der Waals surface area contributed by atoms with Crippen LogP contribution in [0.3, 0.4) is 0 Å². The van der Waals surface area contributed by atoms with Crippen molar-refractivity contribution >= 4 is 11.5 Å². The fourth-order valence-electron chi connectivity index (χ4n) is 1.47. The molecule has 0 bridgehead atoms. The second-order valence-electron chi connectivity index (χ2n) is 3.43. The standard InChI is InChI=1S/C9H16N4O2/c1-3-5-7(4-2)11-8-6-10-12-9(8)13(14)15/h6-7,11H,3-5H2,1-2H3,(H,10,12). The van der Waals surface area contributed by atoms with Crippen LogP contribution in [0.4, 0.5) is 11.5 Å². The molecule has 0 saturated heterocycles. The lowest BCUT2D eigenvalue weighted by Crippen LogP contribution is -2.18. The van der Waals surface area contributed by atoms with E-state index in [0.717, 1.165) is 19.3 Å². The second kappa shape index (κ2) is 5.33. The molecule has 1 atom stereocenters. The lowest BCUT2D eigenvalue weighted by Gasteiger charge is -2.15. The molecule has 1 aromatic heterocycles. The molecule has 0 amide bonds. The summed E-state index contributed by atoms with van der Waals surface area (Å²) in [5.74, 6) is -0.0652. The van der Waals surface area contributed by atoms with Crippen LogP contribution in [0, 0.1) is 10.1 Å². The van der Waals surface area contributed by atoms with Crippen molar-refractivity contribution in [2.45, 2.75) is 39.2 Å². The maximum atomic E-state index is 10.6. The average molecular weight is 212 g/mol. The Balaban J connectivity index is 2.70. The molecule has 0 spiro atoms. The lowest BCUT2D eigenvalue weighted by atomic mass is 10.1. The van der Waals surface area contributed by atoms with Crippen molar-refractivity contribution in [2.24, 2.45) is 0 Å². The summed E-state index contributed by atoms with van der Waals surface area (Å²) in [5.41, 5.74) is 0.473. The van der Waals surface area contributed by atoms with Gasteiger partial charge >= 0.3 is 5.82 Å². The fourth-order valence-corrected chi connectivity index (χ4v) is 1.47. The average Bonchev–Trinajstić information content (AvgIpc) is 2.65. The van der Waals surface area contributed by atoms with Gasteiger partial charge in [-0.25, -0.2) is 0 Å². The van der Waals surface area contributed by atoms with Crippen molar-refractivity contribution in [2.75, 3.05) is 5.32 Å². The summed E-state index contributed by atoms with van der Waals surface area (Å²) >= 11 is 0. The highest BCUT2D eigenvalue weighted by molar-refractivity contribution is 5.55. The van der Waals surface area contributed by atoms with Crippen molar-refractivity contribution in [1.82, 2.24) is 10.2 Å². The molecule has 15 heavy (non-hydrogen) atoms. The van der Waals surface area contributed by atoms with Gasteiger partial charge in [-0.15, -0.1) is 5.10 Å². The highest BCUT2D eigenvalue weighted by Crippen LogP contribution is 2.22. The van der Waals surface area contributed by atoms with E-state index >= 15 is 0 Å². The van der Waals surface area contributed by atoms with Crippen molar-refractivity contribution in [1.29, 1.82) is 0 Å². The van der Waals surface area contributed by atoms with Crippen LogP contribution in [0.5, 0.6) is 0 Å². The van der Waals surface area contributed by atoms with Gasteiger partial charge in [-0.05, 0) is 17.8 Å². The summed E-state index contributed by atoms with van der Waals surface area (Å²) in [6.07, 6.45) is 4.45. The fraction of sp³-hybridized carbons (Fsp3) is 0.667. The summed E-state index contributed by atoms with van der Waals surface area (Å²) < 4.78 is 0. The minimum atomic E-state index is -0.464. The number of hydrogen-bond acceptors (Lipinski definition) is 4. The number of anilines is 1. The molecule has 0 saturated carbocycles. The number of H-pyrrole nitrogens is 1. The first-order valence-electron chi connectivity index (χ1n) is 5.13. The molecule has 0 aromatic carbocycles. The van der Waals surface area contributed by atoms with Crippen molar-refractivity contribution in [3.8, 4) is 0 Å². The molecular weight excluding hydrogens is 196 g/mol. The topological polar surface area (TPSA) is 83.8 Å². The Labute approximate surface area is 88.2 Å². The molecule has 1 heterocycles. The Morgan fingerprint density at radius 2 is 2.40 bits per heavy atom. The summed E-state index contributed by atoms with van der Waals surface area (Å²) in [5, 5.41) is 19.8. The highest BCUT2D eigenvalue weighted by atomic mass is 16.6. The molecule has 2 N–H and O–H groups in total. The van der Waals surface area contributed by atoms with Crippen molar-refractivity contribution < 1.29 is 4.92 Å². The van der Waals surface area contributed by atoms with Crippen LogP contribution in [0.25, 0.3) is 0 Å². The van der Waals surface area contributed by atoms with Gasteiger partial charge in [0.15, 0.2) is 5.69 Å². The summed E-state index contributed by atoms with van der Waals surface area (Å²) in [7, 11) is 0. The van der Waals surface area contributed by atoms with Gasteiger partial charge in [0, 0.05) is 6.04 Å². The molecule has 1 unspecified atom stereocenters. The summed E-state index contributed by atoms with van der Waals surface area (Å²) in [6, 6.07) is 0.270. The van der Waals surface area contributed by atoms with E-state index in [1.807, 2.05) is 0 Å². The van der Waals surface area contributed by atoms with E-state index < -0.39 is 4.92 Å². The molecule has 0 radical (unpaired) electrons. The van der Waals surface area contributed by atoms with Crippen LogP contribution >= 0.6 is 0 Å². The minimum absolute atomic E-state index is 0.0652. The number of nitrogens with one attached hydrogen (secondary N) is 2. The lowest BCUT2D eigenvalue weighted by molar-refractivity contribution is -0.388. The molecule has 1 rings (SSSR count). The van der Waals surface area contributed by atoms with E-state index in [1.165, 1.54) is 6.20 Å². The van der Waals surface area contributed by atoms with Gasteiger partial charge in [-0.2, -0.15) is 0 Å². The van der Waals surface area contributed by atoms with Gasteiger partial charge in [0.1, 0.15) is 6.20 Å². The monoisotopic (exact) mass is 212 g/mol. The van der Waals surface area contributed by atoms with Crippen LogP contribution in [-0.2, 0) is 0 Å². The van der Waals surface area contributed by atoms with Crippen LogP contribution in [0.2, 0.25) is 0 Å². The number of rotatable bonds is 6. The zero-order valence-electron chi connectivity index (χ0n) is 8.99. The van der Waals surface area contributed by atoms with E-state index in [-0.39, 0.29) is 11.9 Å². The largest absolute Gasteiger partial charge is 0.374 e. The molecule has 0 aliphatic heterocycles. The molecule has 0 aliphatic carbocycles. The van der Waals surface area contributed by atoms with E-state index in [1.54, 1.807) is 0 Å². The van der Waals surface area contributed by atoms with E-state index in [9.17, 15) is 10.1 Å². The summed E-state index contributed by atoms with van der Waals surface area (Å²) in [6.45, 7) is 4.15. The van der Waals surface area contributed by atoms with Crippen LogP contribution in [0.15, 0.2) is 6.20 Å². The third-order valence-corrected chi connectivity index (χ3v) is 2.29. The van der Waals surface area contributed by atoms with Gasteiger partial charge in [-0.3, -0.25) is 0 Å². The third kappa shape index (κ3) is 2.93. The molecule has 1 aromatic rings. The first kappa shape index (κ1) is 11.5. The van der Waals surface area contributed by atoms with Crippen LogP contribution in [0.1, 0.15) is 33.1 Å². The maximum Gasteiger partial charge on any atom is 0.366 e. The number of nitro groups is 1. The van der Waals surface area contributed by atoms with Gasteiger partial charge in [0.2, 0.25) is 0 Å². The molecule has 0 fully saturated rings. The predicted molar refractivity (Wildman–Crippen MR) is 57.9 cm³/mol. The van der Waals surface area contributed by atoms with E-state index in [2.05, 4.69) is 29.4 Å². The van der Waals surface area contributed by atoms with Gasteiger partial charge in [0.25, 0.3) is 0 Å². The quantitative estimate of drug-likeness (QED) is 0.559. The van der Waals surface area contributed by atoms with Gasteiger partial charge in [-0.1, -0.05) is 25.4 Å². The normalized spacial score (nSPS) is 12.4. The number of nitrogens with zero attached hydrogens (tertiary/aromatic N) is 2. The Bertz CT molecular complexity index is 324. The molecule has 0 aliphatic rings. The van der Waals surface area contributed by atoms with Crippen molar-refractivity contribution in [3.63, 3.8) is 0 Å². The first-order valence-corrected chi connectivity index (χ1v) is 5.13. The van der Waals surface area contributed by atoms with Gasteiger partial charge in [0.05, 0.1) is 0 Å². The SMILES string of the molecule is CCCC(CC)Nc1cn[nH]c1[N+](=O)[O-]. The Morgan fingerprint density at radius 1 is 1.67 bits per heavy atom. The third-order valence-electron chi connectivity index (χ3n) is 2.29. The second-order valence-corrected chi connectivity index (χ2v) is 3.43. The zero-order valence-corrected chi connectivity index (χ0v) is 8.99. The molecule has 6 heteroatoms. The molecule has 6 nitrogen and oxygen atoms in total. The zero-order chi connectivity index (χ0) is 11.3. The number of aromatic nitrogens is 2. The van der Waals surface area contributed by atoms with Crippen LogP contribution in [-0.4, -0.2) is 21.2 Å². The maximum absolute atomic E-state index is 10.6. The molecule has 84 valence electrons.